The molecule has 1 unspecified atom stereocenters. The molecule has 0 aliphatic carbocycles. The van der Waals surface area contributed by atoms with Gasteiger partial charge >= 0.3 is 5.97 Å². The van der Waals surface area contributed by atoms with Gasteiger partial charge in [-0.25, -0.2) is 8.42 Å². The first kappa shape index (κ1) is 15.8. The van der Waals surface area contributed by atoms with Crippen molar-refractivity contribution in [2.45, 2.75) is 31.9 Å². The molecule has 0 saturated heterocycles. The van der Waals surface area contributed by atoms with Crippen LogP contribution in [0.2, 0.25) is 0 Å². The number of rotatable bonds is 6. The summed E-state index contributed by atoms with van der Waals surface area (Å²) < 4.78 is 29.8. The van der Waals surface area contributed by atoms with Gasteiger partial charge in [-0.1, -0.05) is 26.0 Å². The van der Waals surface area contributed by atoms with Crippen molar-refractivity contribution in [1.29, 1.82) is 0 Å². The zero-order chi connectivity index (χ0) is 15.6. The van der Waals surface area contributed by atoms with Crippen LogP contribution in [0.1, 0.15) is 25.0 Å². The second-order valence-corrected chi connectivity index (χ2v) is 7.90. The highest BCUT2D eigenvalue weighted by Gasteiger charge is 2.34. The second-order valence-electron chi connectivity index (χ2n) is 5.66. The zero-order valence-corrected chi connectivity index (χ0v) is 13.0. The molecule has 0 amide bonds. The Morgan fingerprint density at radius 1 is 1.38 bits per heavy atom. The van der Waals surface area contributed by atoms with Gasteiger partial charge in [0.25, 0.3) is 0 Å². The van der Waals surface area contributed by atoms with E-state index in [1.807, 2.05) is 18.2 Å². The quantitative estimate of drug-likeness (QED) is 0.864. The van der Waals surface area contributed by atoms with Crippen LogP contribution in [0.3, 0.4) is 0 Å². The lowest BCUT2D eigenvalue weighted by atomic mass is 10.1. The maximum absolute atomic E-state index is 12.2. The summed E-state index contributed by atoms with van der Waals surface area (Å²) in [5.41, 5.74) is 1.99. The van der Waals surface area contributed by atoms with E-state index >= 15 is 0 Å². The molecule has 1 aliphatic rings. The first-order chi connectivity index (χ1) is 9.81. The molecule has 1 aliphatic heterocycles. The summed E-state index contributed by atoms with van der Waals surface area (Å²) >= 11 is 0. The smallest absolute Gasteiger partial charge is 0.322 e. The number of carboxylic acids is 1. The van der Waals surface area contributed by atoms with Gasteiger partial charge in [0.2, 0.25) is 0 Å². The van der Waals surface area contributed by atoms with E-state index in [1.54, 1.807) is 13.8 Å². The normalized spacial score (nSPS) is 15.6. The fourth-order valence-corrected chi connectivity index (χ4v) is 4.55. The third kappa shape index (κ3) is 3.56. The highest BCUT2D eigenvalue weighted by atomic mass is 32.2. The number of hydrogen-bond acceptors (Lipinski definition) is 4. The largest absolute Gasteiger partial charge is 0.493 e. The van der Waals surface area contributed by atoms with Crippen LogP contribution in [0, 0.1) is 5.92 Å². The monoisotopic (exact) mass is 312 g/mol. The molecule has 1 aromatic carbocycles. The number of benzene rings is 1. The second kappa shape index (κ2) is 6.05. The Kier molecular flexibility index (Phi) is 4.56. The first-order valence-electron chi connectivity index (χ1n) is 7.00. The van der Waals surface area contributed by atoms with Crippen LogP contribution in [0.15, 0.2) is 18.2 Å². The first-order valence-corrected chi connectivity index (χ1v) is 8.72. The van der Waals surface area contributed by atoms with Crippen LogP contribution in [0.25, 0.3) is 0 Å². The highest BCUT2D eigenvalue weighted by Crippen LogP contribution is 2.26. The fourth-order valence-electron chi connectivity index (χ4n) is 2.64. The van der Waals surface area contributed by atoms with Gasteiger partial charge in [0.15, 0.2) is 15.1 Å². The summed E-state index contributed by atoms with van der Waals surface area (Å²) in [5.74, 6) is -1.01. The molecule has 0 fully saturated rings. The van der Waals surface area contributed by atoms with Gasteiger partial charge in [-0.2, -0.15) is 0 Å². The van der Waals surface area contributed by atoms with E-state index < -0.39 is 27.0 Å². The Balaban J connectivity index is 2.09. The minimum Gasteiger partial charge on any atom is -0.493 e. The van der Waals surface area contributed by atoms with E-state index in [0.717, 1.165) is 23.3 Å². The van der Waals surface area contributed by atoms with Crippen molar-refractivity contribution in [1.82, 2.24) is 0 Å². The number of ether oxygens (including phenoxy) is 1. The van der Waals surface area contributed by atoms with E-state index in [9.17, 15) is 13.2 Å². The molecule has 0 spiro atoms. The summed E-state index contributed by atoms with van der Waals surface area (Å²) in [6, 6.07) is 5.63. The lowest BCUT2D eigenvalue weighted by Gasteiger charge is -2.16. The van der Waals surface area contributed by atoms with Crippen molar-refractivity contribution in [3.05, 3.63) is 29.3 Å². The number of aliphatic carboxylic acids is 1. The van der Waals surface area contributed by atoms with Crippen LogP contribution in [-0.4, -0.2) is 37.1 Å². The topological polar surface area (TPSA) is 80.7 Å². The lowest BCUT2D eigenvalue weighted by Crippen LogP contribution is -2.37. The van der Waals surface area contributed by atoms with E-state index in [0.29, 0.717) is 13.0 Å². The van der Waals surface area contributed by atoms with E-state index in [-0.39, 0.29) is 5.75 Å². The molecule has 0 aromatic heterocycles. The molecule has 5 nitrogen and oxygen atoms in total. The van der Waals surface area contributed by atoms with Crippen LogP contribution >= 0.6 is 0 Å². The third-order valence-electron chi connectivity index (χ3n) is 3.66. The number of carbonyl (C=O) groups is 1. The van der Waals surface area contributed by atoms with Crippen molar-refractivity contribution in [2.75, 3.05) is 12.4 Å². The van der Waals surface area contributed by atoms with Crippen molar-refractivity contribution >= 4 is 15.8 Å². The minimum atomic E-state index is -3.66. The van der Waals surface area contributed by atoms with Crippen LogP contribution in [-0.2, 0) is 27.5 Å². The fraction of sp³-hybridized carbons (Fsp3) is 0.533. The van der Waals surface area contributed by atoms with Gasteiger partial charge in [0.05, 0.1) is 12.4 Å². The molecule has 2 rings (SSSR count). The summed E-state index contributed by atoms with van der Waals surface area (Å²) in [4.78, 5) is 11.2. The number of fused-ring (bicyclic) bond motifs is 1. The molecule has 1 heterocycles. The molecule has 0 radical (unpaired) electrons. The predicted octanol–water partition coefficient (Wildman–Crippen LogP) is 1.69. The van der Waals surface area contributed by atoms with E-state index in [2.05, 4.69) is 0 Å². The Labute approximate surface area is 124 Å². The Bertz CT molecular complexity index is 633. The molecular weight excluding hydrogens is 292 g/mol. The molecule has 0 bridgehead atoms. The highest BCUT2D eigenvalue weighted by molar-refractivity contribution is 7.92. The number of aryl methyl sites for hydroxylation is 1. The summed E-state index contributed by atoms with van der Waals surface area (Å²) in [7, 11) is -3.66. The van der Waals surface area contributed by atoms with Gasteiger partial charge < -0.3 is 9.84 Å². The average molecular weight is 312 g/mol. The average Bonchev–Trinajstić information content (AvgIpc) is 2.82. The maximum Gasteiger partial charge on any atom is 0.322 e. The zero-order valence-electron chi connectivity index (χ0n) is 12.2. The molecule has 1 atom stereocenters. The molecule has 116 valence electrons. The van der Waals surface area contributed by atoms with Crippen molar-refractivity contribution in [3.63, 3.8) is 0 Å². The number of sulfone groups is 1. The summed E-state index contributed by atoms with van der Waals surface area (Å²) in [6.07, 6.45) is 1.16. The SMILES string of the molecule is CC(C)C(C(=O)O)S(=O)(=O)CCc1ccc2c(c1)CCO2. The molecule has 6 heteroatoms. The van der Waals surface area contributed by atoms with Crippen LogP contribution < -0.4 is 4.74 Å². The summed E-state index contributed by atoms with van der Waals surface area (Å²) in [5, 5.41) is 7.77. The van der Waals surface area contributed by atoms with Gasteiger partial charge in [-0.05, 0) is 29.5 Å². The Hall–Kier alpha value is -1.56. The van der Waals surface area contributed by atoms with Crippen LogP contribution in [0.5, 0.6) is 5.75 Å². The van der Waals surface area contributed by atoms with Gasteiger partial charge in [-0.15, -0.1) is 0 Å². The minimum absolute atomic E-state index is 0.151. The van der Waals surface area contributed by atoms with Crippen LogP contribution in [0.4, 0.5) is 0 Å². The van der Waals surface area contributed by atoms with Crippen molar-refractivity contribution < 1.29 is 23.1 Å². The Morgan fingerprint density at radius 2 is 2.10 bits per heavy atom. The molecule has 1 N–H and O–H groups in total. The van der Waals surface area contributed by atoms with E-state index in [1.165, 1.54) is 0 Å². The third-order valence-corrected chi connectivity index (χ3v) is 5.96. The standard InChI is InChI=1S/C15H20O5S/c1-10(2)14(15(16)17)21(18,19)8-6-11-3-4-13-12(9-11)5-7-20-13/h3-4,9-10,14H,5-8H2,1-2H3,(H,16,17). The number of hydrogen-bond donors (Lipinski definition) is 1. The molecular formula is C15H20O5S. The molecule has 1 aromatic rings. The van der Waals surface area contributed by atoms with Crippen molar-refractivity contribution in [3.8, 4) is 5.75 Å². The van der Waals surface area contributed by atoms with Gasteiger partial charge in [0, 0.05) is 6.42 Å². The molecule has 0 saturated carbocycles. The van der Waals surface area contributed by atoms with Gasteiger partial charge in [-0.3, -0.25) is 4.79 Å². The maximum atomic E-state index is 12.2. The Morgan fingerprint density at radius 3 is 2.71 bits per heavy atom. The van der Waals surface area contributed by atoms with E-state index in [4.69, 9.17) is 9.84 Å². The summed E-state index contributed by atoms with van der Waals surface area (Å²) in [6.45, 7) is 3.89. The predicted molar refractivity (Wildman–Crippen MR) is 79.4 cm³/mol. The molecule has 21 heavy (non-hydrogen) atoms. The van der Waals surface area contributed by atoms with Crippen molar-refractivity contribution in [2.24, 2.45) is 5.92 Å². The van der Waals surface area contributed by atoms with Gasteiger partial charge in [0.1, 0.15) is 5.75 Å². The number of carboxylic acid groups (broad SMARTS) is 1. The lowest BCUT2D eigenvalue weighted by molar-refractivity contribution is -0.137.